The Morgan fingerprint density at radius 2 is 1.79 bits per heavy atom. The molecule has 4 N–H and O–H groups in total. The lowest BCUT2D eigenvalue weighted by Crippen LogP contribution is -2.23. The molecular formula is C24H19FN6O2. The maximum atomic E-state index is 14.5. The summed E-state index contributed by atoms with van der Waals surface area (Å²) < 4.78 is 20.4. The van der Waals surface area contributed by atoms with E-state index in [0.717, 1.165) is 22.4 Å². The van der Waals surface area contributed by atoms with Gasteiger partial charge in [0, 0.05) is 18.3 Å². The van der Waals surface area contributed by atoms with Crippen LogP contribution in [0.15, 0.2) is 60.9 Å². The summed E-state index contributed by atoms with van der Waals surface area (Å²) in [5.74, 6) is 1.16. The van der Waals surface area contributed by atoms with Gasteiger partial charge in [0.2, 0.25) is 11.9 Å². The van der Waals surface area contributed by atoms with Crippen LogP contribution < -0.4 is 20.7 Å². The molecule has 0 fully saturated rings. The SMILES string of the molecule is OC1NCCc2ccc3c(c2)Nc2nc(ncc2O3)Nc2cc(cnc2F)-c2ccc1cc2. The molecule has 8 nitrogen and oxygen atoms in total. The maximum Gasteiger partial charge on any atom is 0.236 e. The quantitative estimate of drug-likeness (QED) is 0.262. The number of hydrogen-bond acceptors (Lipinski definition) is 8. The highest BCUT2D eigenvalue weighted by Crippen LogP contribution is 2.41. The van der Waals surface area contributed by atoms with Crippen LogP contribution in [0, 0.1) is 5.95 Å². The number of aromatic nitrogens is 3. The van der Waals surface area contributed by atoms with Crippen LogP contribution in [0.2, 0.25) is 0 Å². The molecule has 0 radical (unpaired) electrons. The fraction of sp³-hybridized carbons (Fsp3) is 0.125. The molecule has 0 saturated carbocycles. The van der Waals surface area contributed by atoms with E-state index in [0.29, 0.717) is 35.8 Å². The molecular weight excluding hydrogens is 423 g/mol. The van der Waals surface area contributed by atoms with Crippen molar-refractivity contribution in [3.05, 3.63) is 78.0 Å². The number of nitrogens with one attached hydrogen (secondary N) is 3. The smallest absolute Gasteiger partial charge is 0.236 e. The molecule has 3 aliphatic heterocycles. The van der Waals surface area contributed by atoms with Crippen LogP contribution in [0.1, 0.15) is 17.4 Å². The average Bonchev–Trinajstić information content (AvgIpc) is 2.83. The number of ether oxygens (including phenoxy) is 1. The normalized spacial score (nSPS) is 16.2. The van der Waals surface area contributed by atoms with Crippen molar-refractivity contribution in [3.8, 4) is 22.6 Å². The topological polar surface area (TPSA) is 104 Å². The van der Waals surface area contributed by atoms with Gasteiger partial charge in [0.05, 0.1) is 17.6 Å². The van der Waals surface area contributed by atoms with Crippen LogP contribution in [0.5, 0.6) is 11.5 Å². The van der Waals surface area contributed by atoms with Gasteiger partial charge in [-0.25, -0.2) is 9.97 Å². The number of nitrogens with zero attached hydrogens (tertiary/aromatic N) is 3. The lowest BCUT2D eigenvalue weighted by Gasteiger charge is -2.22. The second-order valence-corrected chi connectivity index (χ2v) is 7.88. The van der Waals surface area contributed by atoms with Gasteiger partial charge in [-0.2, -0.15) is 9.37 Å². The number of pyridine rings is 1. The van der Waals surface area contributed by atoms with Crippen LogP contribution in [0.3, 0.4) is 0 Å². The largest absolute Gasteiger partial charge is 0.450 e. The summed E-state index contributed by atoms with van der Waals surface area (Å²) in [6.07, 6.45) is 2.91. The highest BCUT2D eigenvalue weighted by molar-refractivity contribution is 5.74. The van der Waals surface area contributed by atoms with Crippen LogP contribution in [0.25, 0.3) is 11.1 Å². The Balaban J connectivity index is 1.43. The lowest BCUT2D eigenvalue weighted by atomic mass is 10.0. The van der Waals surface area contributed by atoms with Gasteiger partial charge in [0.15, 0.2) is 17.3 Å². The molecule has 7 rings (SSSR count). The molecule has 4 aromatic rings. The molecule has 1 atom stereocenters. The first-order chi connectivity index (χ1) is 16.1. The Morgan fingerprint density at radius 3 is 2.67 bits per heavy atom. The Morgan fingerprint density at radius 1 is 0.909 bits per heavy atom. The molecule has 3 aliphatic rings. The number of aliphatic hydroxyl groups excluding tert-OH is 1. The van der Waals surface area contributed by atoms with Crippen molar-refractivity contribution < 1.29 is 14.2 Å². The van der Waals surface area contributed by atoms with Crippen molar-refractivity contribution in [2.75, 3.05) is 17.2 Å². The van der Waals surface area contributed by atoms with Gasteiger partial charge >= 0.3 is 0 Å². The first-order valence-electron chi connectivity index (χ1n) is 10.5. The van der Waals surface area contributed by atoms with E-state index in [4.69, 9.17) is 4.74 Å². The fourth-order valence-corrected chi connectivity index (χ4v) is 3.90. The van der Waals surface area contributed by atoms with E-state index < -0.39 is 12.2 Å². The summed E-state index contributed by atoms with van der Waals surface area (Å²) in [5.41, 5.74) is 4.28. The molecule has 0 aliphatic carbocycles. The van der Waals surface area contributed by atoms with Crippen molar-refractivity contribution in [3.63, 3.8) is 0 Å². The number of anilines is 4. The first-order valence-corrected chi connectivity index (χ1v) is 10.5. The maximum absolute atomic E-state index is 14.5. The van der Waals surface area contributed by atoms with Crippen LogP contribution in [-0.2, 0) is 6.42 Å². The van der Waals surface area contributed by atoms with Gasteiger partial charge in [0.25, 0.3) is 0 Å². The molecule has 0 spiro atoms. The van der Waals surface area contributed by atoms with Gasteiger partial charge in [-0.3, -0.25) is 5.32 Å². The highest BCUT2D eigenvalue weighted by Gasteiger charge is 2.20. The molecule has 5 heterocycles. The van der Waals surface area contributed by atoms with Crippen molar-refractivity contribution in [2.24, 2.45) is 0 Å². The van der Waals surface area contributed by atoms with E-state index in [-0.39, 0.29) is 11.6 Å². The predicted molar refractivity (Wildman–Crippen MR) is 121 cm³/mol. The second-order valence-electron chi connectivity index (χ2n) is 7.88. The molecule has 9 heteroatoms. The van der Waals surface area contributed by atoms with Gasteiger partial charge in [-0.1, -0.05) is 30.3 Å². The predicted octanol–water partition coefficient (Wildman–Crippen LogP) is 4.41. The minimum Gasteiger partial charge on any atom is -0.450 e. The Bertz CT molecular complexity index is 1360. The van der Waals surface area contributed by atoms with Crippen LogP contribution in [0.4, 0.5) is 27.5 Å². The molecule has 1 unspecified atom stereocenters. The Hall–Kier alpha value is -4.08. The van der Waals surface area contributed by atoms with Crippen molar-refractivity contribution in [1.82, 2.24) is 20.3 Å². The lowest BCUT2D eigenvalue weighted by molar-refractivity contribution is 0.140. The van der Waals surface area contributed by atoms with Crippen molar-refractivity contribution >= 4 is 23.1 Å². The molecule has 2 aromatic carbocycles. The molecule has 0 amide bonds. The summed E-state index contributed by atoms with van der Waals surface area (Å²) in [6, 6.07) is 14.9. The van der Waals surface area contributed by atoms with E-state index in [9.17, 15) is 9.50 Å². The second kappa shape index (κ2) is 7.80. The van der Waals surface area contributed by atoms with Crippen molar-refractivity contribution in [2.45, 2.75) is 12.6 Å². The average molecular weight is 442 g/mol. The number of halogens is 1. The van der Waals surface area contributed by atoms with E-state index in [1.165, 1.54) is 12.4 Å². The third kappa shape index (κ3) is 3.73. The molecule has 164 valence electrons. The van der Waals surface area contributed by atoms with Gasteiger partial charge < -0.3 is 20.5 Å². The standard InChI is InChI=1S/C24H19FN6O2/c25-21-18-10-16(11-27-21)14-2-4-15(5-3-14)23(32)26-8-7-13-1-6-19-17(9-13)29-22-20(33-19)12-28-24(30-18)31-22/h1-6,9-12,23,26,32H,7-8H2,(H2,28,29,30,31). The number of benzene rings is 2. The van der Waals surface area contributed by atoms with Gasteiger partial charge in [-0.05, 0) is 41.3 Å². The number of aliphatic hydroxyl groups is 1. The summed E-state index contributed by atoms with van der Waals surface area (Å²) in [7, 11) is 0. The summed E-state index contributed by atoms with van der Waals surface area (Å²) in [6.45, 7) is 0.584. The fourth-order valence-electron chi connectivity index (χ4n) is 3.90. The van der Waals surface area contributed by atoms with Crippen LogP contribution in [-0.4, -0.2) is 26.6 Å². The number of rotatable bonds is 0. The van der Waals surface area contributed by atoms with Gasteiger partial charge in [-0.15, -0.1) is 0 Å². The third-order valence-corrected chi connectivity index (χ3v) is 5.67. The zero-order valence-corrected chi connectivity index (χ0v) is 17.3. The number of fused-ring (bicyclic) bond motifs is 5. The molecule has 33 heavy (non-hydrogen) atoms. The minimum absolute atomic E-state index is 0.149. The summed E-state index contributed by atoms with van der Waals surface area (Å²) in [5, 5.41) is 19.8. The van der Waals surface area contributed by atoms with Gasteiger partial charge in [0.1, 0.15) is 6.23 Å². The Labute approximate surface area is 188 Å². The summed E-state index contributed by atoms with van der Waals surface area (Å²) >= 11 is 0. The van der Waals surface area contributed by atoms with Crippen LogP contribution >= 0.6 is 0 Å². The van der Waals surface area contributed by atoms with Crippen molar-refractivity contribution in [1.29, 1.82) is 0 Å². The van der Waals surface area contributed by atoms with E-state index in [2.05, 4.69) is 30.9 Å². The molecule has 2 aromatic heterocycles. The first kappa shape index (κ1) is 19.6. The zero-order valence-electron chi connectivity index (χ0n) is 17.3. The van der Waals surface area contributed by atoms with E-state index >= 15 is 0 Å². The zero-order chi connectivity index (χ0) is 22.4. The molecule has 8 bridgehead atoms. The minimum atomic E-state index is -0.803. The highest BCUT2D eigenvalue weighted by atomic mass is 19.1. The monoisotopic (exact) mass is 442 g/mol. The number of hydrogen-bond donors (Lipinski definition) is 4. The summed E-state index contributed by atoms with van der Waals surface area (Å²) in [4.78, 5) is 12.6. The Kier molecular flexibility index (Phi) is 4.63. The molecule has 0 saturated heterocycles. The van der Waals surface area contributed by atoms with E-state index in [1.54, 1.807) is 6.07 Å². The van der Waals surface area contributed by atoms with E-state index in [1.807, 2.05) is 42.5 Å². The third-order valence-electron chi connectivity index (χ3n) is 5.67.